The lowest BCUT2D eigenvalue weighted by Crippen LogP contribution is -2.07. The van der Waals surface area contributed by atoms with Gasteiger partial charge in [0, 0.05) is 4.47 Å². The quantitative estimate of drug-likeness (QED) is 0.831. The number of hydrogen-bond donors (Lipinski definition) is 0. The molecular formula is C13H16BrNO2. The summed E-state index contributed by atoms with van der Waals surface area (Å²) >= 11 is 3.35. The third-order valence-corrected chi connectivity index (χ3v) is 2.46. The third-order valence-electron chi connectivity index (χ3n) is 2.00. The Morgan fingerprint density at radius 3 is 2.59 bits per heavy atom. The molecule has 1 rings (SSSR count). The zero-order valence-corrected chi connectivity index (χ0v) is 11.9. The monoisotopic (exact) mass is 297 g/mol. The zero-order chi connectivity index (χ0) is 12.8. The van der Waals surface area contributed by atoms with Crippen LogP contribution < -0.4 is 9.47 Å². The van der Waals surface area contributed by atoms with Gasteiger partial charge in [0.2, 0.25) is 0 Å². The highest BCUT2D eigenvalue weighted by Crippen LogP contribution is 2.35. The van der Waals surface area contributed by atoms with Gasteiger partial charge in [0.25, 0.3) is 0 Å². The Morgan fingerprint density at radius 2 is 2.06 bits per heavy atom. The molecule has 0 amide bonds. The fraction of sp³-hybridized carbons (Fsp3) is 0.462. The summed E-state index contributed by atoms with van der Waals surface area (Å²) in [5, 5.41) is 9.09. The molecule has 3 nitrogen and oxygen atoms in total. The van der Waals surface area contributed by atoms with Crippen molar-refractivity contribution in [2.45, 2.75) is 20.8 Å². The van der Waals surface area contributed by atoms with E-state index in [1.807, 2.05) is 13.0 Å². The van der Waals surface area contributed by atoms with Crippen LogP contribution >= 0.6 is 15.9 Å². The first-order valence-corrected chi connectivity index (χ1v) is 6.37. The average Bonchev–Trinajstić information content (AvgIpc) is 2.27. The van der Waals surface area contributed by atoms with Crippen LogP contribution in [0.25, 0.3) is 0 Å². The molecule has 0 spiro atoms. The van der Waals surface area contributed by atoms with Crippen molar-refractivity contribution in [2.75, 3.05) is 13.2 Å². The second-order valence-electron chi connectivity index (χ2n) is 4.03. The van der Waals surface area contributed by atoms with Gasteiger partial charge in [0.1, 0.15) is 6.07 Å². The van der Waals surface area contributed by atoms with Crippen molar-refractivity contribution >= 4 is 15.9 Å². The molecule has 0 saturated heterocycles. The van der Waals surface area contributed by atoms with E-state index in [4.69, 9.17) is 14.7 Å². The van der Waals surface area contributed by atoms with Gasteiger partial charge in [-0.3, -0.25) is 0 Å². The predicted octanol–water partition coefficient (Wildman–Crippen LogP) is 3.75. The van der Waals surface area contributed by atoms with Gasteiger partial charge >= 0.3 is 0 Å². The number of halogens is 1. The lowest BCUT2D eigenvalue weighted by atomic mass is 10.2. The Morgan fingerprint density at radius 1 is 1.35 bits per heavy atom. The fourth-order valence-electron chi connectivity index (χ4n) is 1.31. The predicted molar refractivity (Wildman–Crippen MR) is 70.4 cm³/mol. The zero-order valence-electron chi connectivity index (χ0n) is 10.3. The number of benzene rings is 1. The van der Waals surface area contributed by atoms with Crippen LogP contribution in [0.3, 0.4) is 0 Å². The summed E-state index contributed by atoms with van der Waals surface area (Å²) < 4.78 is 12.0. The lowest BCUT2D eigenvalue weighted by molar-refractivity contribution is 0.247. The highest BCUT2D eigenvalue weighted by atomic mass is 79.9. The largest absolute Gasteiger partial charge is 0.490 e. The van der Waals surface area contributed by atoms with Crippen molar-refractivity contribution in [1.29, 1.82) is 5.26 Å². The topological polar surface area (TPSA) is 42.2 Å². The van der Waals surface area contributed by atoms with E-state index in [0.29, 0.717) is 36.2 Å². The van der Waals surface area contributed by atoms with E-state index in [0.717, 1.165) is 4.47 Å². The fourth-order valence-corrected chi connectivity index (χ4v) is 1.75. The Labute approximate surface area is 110 Å². The molecule has 0 radical (unpaired) electrons. The average molecular weight is 298 g/mol. The van der Waals surface area contributed by atoms with Crippen molar-refractivity contribution in [1.82, 2.24) is 0 Å². The molecular weight excluding hydrogens is 282 g/mol. The smallest absolute Gasteiger partial charge is 0.179 e. The minimum Gasteiger partial charge on any atom is -0.490 e. The van der Waals surface area contributed by atoms with Gasteiger partial charge in [0.15, 0.2) is 11.5 Å². The second kappa shape index (κ2) is 6.51. The van der Waals surface area contributed by atoms with Crippen molar-refractivity contribution in [2.24, 2.45) is 5.92 Å². The van der Waals surface area contributed by atoms with E-state index >= 15 is 0 Å². The van der Waals surface area contributed by atoms with Crippen molar-refractivity contribution in [3.05, 3.63) is 22.2 Å². The third kappa shape index (κ3) is 3.94. The van der Waals surface area contributed by atoms with Gasteiger partial charge in [0.05, 0.1) is 18.8 Å². The first-order valence-electron chi connectivity index (χ1n) is 5.57. The van der Waals surface area contributed by atoms with E-state index in [2.05, 4.69) is 35.8 Å². The minimum atomic E-state index is 0.402. The van der Waals surface area contributed by atoms with Crippen molar-refractivity contribution in [3.8, 4) is 17.6 Å². The van der Waals surface area contributed by atoms with Gasteiger partial charge in [-0.15, -0.1) is 0 Å². The highest BCUT2D eigenvalue weighted by Gasteiger charge is 2.13. The summed E-state index contributed by atoms with van der Waals surface area (Å²) in [5.41, 5.74) is 0.489. The molecule has 0 heterocycles. The maximum Gasteiger partial charge on any atom is 0.179 e. The SMILES string of the molecule is CCOc1cc(Br)cc(C#N)c1OCC(C)C. The van der Waals surface area contributed by atoms with Crippen LogP contribution in [0.4, 0.5) is 0 Å². The molecule has 1 aromatic carbocycles. The van der Waals surface area contributed by atoms with Crippen LogP contribution in [-0.4, -0.2) is 13.2 Å². The summed E-state index contributed by atoms with van der Waals surface area (Å²) in [5.74, 6) is 1.55. The van der Waals surface area contributed by atoms with Crippen LogP contribution in [0.2, 0.25) is 0 Å². The molecule has 0 atom stereocenters. The molecule has 0 aliphatic rings. The molecule has 0 N–H and O–H groups in total. The summed E-state index contributed by atoms with van der Waals surface area (Å²) in [7, 11) is 0. The Bertz CT molecular complexity index is 424. The van der Waals surface area contributed by atoms with Crippen LogP contribution in [0.5, 0.6) is 11.5 Å². The molecule has 17 heavy (non-hydrogen) atoms. The van der Waals surface area contributed by atoms with Gasteiger partial charge in [-0.05, 0) is 25.0 Å². The normalized spacial score (nSPS) is 10.1. The standard InChI is InChI=1S/C13H16BrNO2/c1-4-16-12-6-11(14)5-10(7-15)13(12)17-8-9(2)3/h5-6,9H,4,8H2,1-3H3. The molecule has 4 heteroatoms. The number of hydrogen-bond acceptors (Lipinski definition) is 3. The maximum absolute atomic E-state index is 9.09. The van der Waals surface area contributed by atoms with E-state index in [9.17, 15) is 0 Å². The summed E-state index contributed by atoms with van der Waals surface area (Å²) in [6, 6.07) is 5.68. The number of ether oxygens (including phenoxy) is 2. The first kappa shape index (κ1) is 13.9. The van der Waals surface area contributed by atoms with Crippen LogP contribution in [0, 0.1) is 17.2 Å². The van der Waals surface area contributed by atoms with Crippen LogP contribution in [0.1, 0.15) is 26.3 Å². The summed E-state index contributed by atoms with van der Waals surface area (Å²) in [6.07, 6.45) is 0. The molecule has 0 aliphatic carbocycles. The van der Waals surface area contributed by atoms with Crippen molar-refractivity contribution < 1.29 is 9.47 Å². The van der Waals surface area contributed by atoms with Crippen LogP contribution in [0.15, 0.2) is 16.6 Å². The van der Waals surface area contributed by atoms with Gasteiger partial charge in [-0.25, -0.2) is 0 Å². The second-order valence-corrected chi connectivity index (χ2v) is 4.95. The summed E-state index contributed by atoms with van der Waals surface area (Å²) in [4.78, 5) is 0. The molecule has 0 unspecified atom stereocenters. The number of nitrogens with zero attached hydrogens (tertiary/aromatic N) is 1. The Balaban J connectivity index is 3.08. The highest BCUT2D eigenvalue weighted by molar-refractivity contribution is 9.10. The molecule has 1 aromatic rings. The molecule has 0 fully saturated rings. The number of nitriles is 1. The molecule has 92 valence electrons. The Kier molecular flexibility index (Phi) is 5.30. The van der Waals surface area contributed by atoms with E-state index < -0.39 is 0 Å². The maximum atomic E-state index is 9.09. The van der Waals surface area contributed by atoms with Gasteiger partial charge < -0.3 is 9.47 Å². The van der Waals surface area contributed by atoms with Crippen molar-refractivity contribution in [3.63, 3.8) is 0 Å². The molecule has 0 saturated carbocycles. The Hall–Kier alpha value is -1.21. The van der Waals surface area contributed by atoms with E-state index in [-0.39, 0.29) is 0 Å². The van der Waals surface area contributed by atoms with E-state index in [1.54, 1.807) is 6.07 Å². The molecule has 0 aliphatic heterocycles. The summed E-state index contributed by atoms with van der Waals surface area (Å²) in [6.45, 7) is 7.13. The molecule has 0 bridgehead atoms. The first-order chi connectivity index (χ1) is 8.08. The van der Waals surface area contributed by atoms with Gasteiger partial charge in [-0.2, -0.15) is 5.26 Å². The van der Waals surface area contributed by atoms with Crippen LogP contribution in [-0.2, 0) is 0 Å². The minimum absolute atomic E-state index is 0.402. The number of rotatable bonds is 5. The lowest BCUT2D eigenvalue weighted by Gasteiger charge is -2.15. The van der Waals surface area contributed by atoms with Gasteiger partial charge in [-0.1, -0.05) is 29.8 Å². The van der Waals surface area contributed by atoms with E-state index in [1.165, 1.54) is 0 Å². The molecule has 0 aromatic heterocycles.